The summed E-state index contributed by atoms with van der Waals surface area (Å²) in [5.41, 5.74) is 0. The van der Waals surface area contributed by atoms with Crippen molar-refractivity contribution in [3.8, 4) is 0 Å². The van der Waals surface area contributed by atoms with E-state index >= 15 is 0 Å². The normalized spacial score (nSPS) is 36.3. The molecule has 0 heterocycles. The van der Waals surface area contributed by atoms with Crippen LogP contribution >= 0.6 is 0 Å². The number of hydrogen-bond donors (Lipinski definition) is 0. The van der Waals surface area contributed by atoms with Crippen LogP contribution in [0.25, 0.3) is 0 Å². The smallest absolute Gasteiger partial charge is 0.201 e. The summed E-state index contributed by atoms with van der Waals surface area (Å²) in [6, 6.07) is 0. The number of Topliss-reactive ketones (excluding diaryl/α,β-unsaturated/α-hetero) is 2. The summed E-state index contributed by atoms with van der Waals surface area (Å²) < 4.78 is 0. The van der Waals surface area contributed by atoms with Crippen molar-refractivity contribution in [3.05, 3.63) is 0 Å². The Morgan fingerprint density at radius 1 is 1.00 bits per heavy atom. The zero-order valence-corrected chi connectivity index (χ0v) is 7.21. The van der Waals surface area contributed by atoms with Crippen LogP contribution in [0.2, 0.25) is 0 Å². The van der Waals surface area contributed by atoms with Gasteiger partial charge in [-0.15, -0.1) is 0 Å². The highest BCUT2D eigenvalue weighted by Crippen LogP contribution is 2.37. The van der Waals surface area contributed by atoms with Crippen LogP contribution < -0.4 is 0 Å². The molecule has 2 aliphatic carbocycles. The first kappa shape index (κ1) is 7.96. The van der Waals surface area contributed by atoms with Crippen molar-refractivity contribution < 1.29 is 9.59 Å². The predicted octanol–water partition coefficient (Wildman–Crippen LogP) is 1.72. The van der Waals surface area contributed by atoms with Gasteiger partial charge in [0.05, 0.1) is 0 Å². The summed E-state index contributed by atoms with van der Waals surface area (Å²) in [6.45, 7) is 0. The molecule has 66 valence electrons. The van der Waals surface area contributed by atoms with E-state index in [1.165, 1.54) is 12.8 Å². The molecule has 0 aliphatic heterocycles. The average Bonchev–Trinajstić information content (AvgIpc) is 2.12. The average molecular weight is 166 g/mol. The largest absolute Gasteiger partial charge is 0.291 e. The number of fused-ring (bicyclic) bond motifs is 1. The van der Waals surface area contributed by atoms with Crippen LogP contribution in [0.3, 0.4) is 0 Å². The Morgan fingerprint density at radius 2 is 1.75 bits per heavy atom. The molecule has 2 rings (SSSR count). The summed E-state index contributed by atoms with van der Waals surface area (Å²) in [6.07, 6.45) is 6.01. The molecule has 0 aromatic rings. The monoisotopic (exact) mass is 166 g/mol. The van der Waals surface area contributed by atoms with Crippen molar-refractivity contribution in [2.24, 2.45) is 11.8 Å². The van der Waals surface area contributed by atoms with Gasteiger partial charge in [-0.05, 0) is 25.2 Å². The van der Waals surface area contributed by atoms with Crippen molar-refractivity contribution in [3.63, 3.8) is 0 Å². The maximum Gasteiger partial charge on any atom is 0.201 e. The summed E-state index contributed by atoms with van der Waals surface area (Å²) >= 11 is 0. The van der Waals surface area contributed by atoms with E-state index in [1.807, 2.05) is 0 Å². The van der Waals surface area contributed by atoms with Gasteiger partial charge in [-0.2, -0.15) is 0 Å². The second kappa shape index (κ2) is 3.00. The van der Waals surface area contributed by atoms with Gasteiger partial charge < -0.3 is 0 Å². The van der Waals surface area contributed by atoms with E-state index in [0.717, 1.165) is 19.3 Å². The summed E-state index contributed by atoms with van der Waals surface area (Å²) in [5.74, 6) is 0.480. The Morgan fingerprint density at radius 3 is 2.58 bits per heavy atom. The molecule has 0 saturated heterocycles. The fraction of sp³-hybridized carbons (Fsp3) is 0.800. The molecule has 2 unspecified atom stereocenters. The van der Waals surface area contributed by atoms with Gasteiger partial charge in [0.1, 0.15) is 0 Å². The van der Waals surface area contributed by atoms with Crippen LogP contribution in [-0.4, -0.2) is 11.6 Å². The second-order valence-electron chi connectivity index (χ2n) is 3.98. The zero-order chi connectivity index (χ0) is 8.55. The van der Waals surface area contributed by atoms with E-state index in [1.54, 1.807) is 0 Å². The number of ketones is 2. The molecule has 2 nitrogen and oxygen atoms in total. The van der Waals surface area contributed by atoms with Gasteiger partial charge in [-0.3, -0.25) is 9.59 Å². The first-order valence-corrected chi connectivity index (χ1v) is 4.86. The van der Waals surface area contributed by atoms with E-state index in [-0.39, 0.29) is 17.5 Å². The van der Waals surface area contributed by atoms with Crippen LogP contribution in [-0.2, 0) is 9.59 Å². The number of hydrogen-bond acceptors (Lipinski definition) is 2. The van der Waals surface area contributed by atoms with Gasteiger partial charge in [0.25, 0.3) is 0 Å². The number of rotatable bonds is 0. The number of carbonyl (C=O) groups excluding carboxylic acids is 2. The second-order valence-corrected chi connectivity index (χ2v) is 3.98. The SMILES string of the molecule is O=C1CCC2CCCCC2C1=O. The topological polar surface area (TPSA) is 34.1 Å². The molecule has 2 saturated carbocycles. The molecule has 2 fully saturated rings. The summed E-state index contributed by atoms with van der Waals surface area (Å²) in [4.78, 5) is 22.5. The maximum absolute atomic E-state index is 11.4. The highest BCUT2D eigenvalue weighted by Gasteiger charge is 2.37. The van der Waals surface area contributed by atoms with Crippen LogP contribution in [0, 0.1) is 11.8 Å². The Kier molecular flexibility index (Phi) is 1.99. The lowest BCUT2D eigenvalue weighted by molar-refractivity contribution is -0.143. The van der Waals surface area contributed by atoms with E-state index in [2.05, 4.69) is 0 Å². The van der Waals surface area contributed by atoms with Crippen molar-refractivity contribution in [1.29, 1.82) is 0 Å². The third-order valence-electron chi connectivity index (χ3n) is 3.26. The molecule has 0 spiro atoms. The molecule has 2 aliphatic rings. The van der Waals surface area contributed by atoms with Gasteiger partial charge in [-0.25, -0.2) is 0 Å². The fourth-order valence-electron chi connectivity index (χ4n) is 2.54. The molecule has 0 aromatic heterocycles. The molecule has 0 radical (unpaired) electrons. The summed E-state index contributed by atoms with van der Waals surface area (Å²) in [5, 5.41) is 0. The van der Waals surface area contributed by atoms with E-state index in [4.69, 9.17) is 0 Å². The van der Waals surface area contributed by atoms with Gasteiger partial charge in [0.15, 0.2) is 5.78 Å². The minimum Gasteiger partial charge on any atom is -0.291 e. The van der Waals surface area contributed by atoms with Crippen LogP contribution in [0.5, 0.6) is 0 Å². The van der Waals surface area contributed by atoms with Gasteiger partial charge in [-0.1, -0.05) is 12.8 Å². The van der Waals surface area contributed by atoms with Gasteiger partial charge in [0, 0.05) is 12.3 Å². The molecule has 0 amide bonds. The van der Waals surface area contributed by atoms with Gasteiger partial charge >= 0.3 is 0 Å². The Balaban J connectivity index is 2.13. The fourth-order valence-corrected chi connectivity index (χ4v) is 2.54. The minimum absolute atomic E-state index is 0.0639. The number of carbonyl (C=O) groups is 2. The van der Waals surface area contributed by atoms with Crippen molar-refractivity contribution in [2.75, 3.05) is 0 Å². The Hall–Kier alpha value is -0.660. The van der Waals surface area contributed by atoms with E-state index < -0.39 is 0 Å². The predicted molar refractivity (Wildman–Crippen MR) is 44.7 cm³/mol. The lowest BCUT2D eigenvalue weighted by atomic mass is 9.70. The molecule has 2 heteroatoms. The van der Waals surface area contributed by atoms with Crippen molar-refractivity contribution in [1.82, 2.24) is 0 Å². The van der Waals surface area contributed by atoms with Crippen molar-refractivity contribution in [2.45, 2.75) is 38.5 Å². The van der Waals surface area contributed by atoms with E-state index in [0.29, 0.717) is 12.3 Å². The quantitative estimate of drug-likeness (QED) is 0.513. The lowest BCUT2D eigenvalue weighted by Crippen LogP contribution is -2.37. The third kappa shape index (κ3) is 1.19. The molecule has 12 heavy (non-hydrogen) atoms. The zero-order valence-electron chi connectivity index (χ0n) is 7.21. The third-order valence-corrected chi connectivity index (χ3v) is 3.26. The molecule has 0 aromatic carbocycles. The highest BCUT2D eigenvalue weighted by molar-refractivity contribution is 6.38. The molecular weight excluding hydrogens is 152 g/mol. The molecule has 0 bridgehead atoms. The molecular formula is C10H14O2. The highest BCUT2D eigenvalue weighted by atomic mass is 16.2. The first-order chi connectivity index (χ1) is 5.79. The standard InChI is InChI=1S/C10H14O2/c11-9-6-5-7-3-1-2-4-8(7)10(9)12/h7-8H,1-6H2. The Bertz CT molecular complexity index is 220. The minimum atomic E-state index is -0.113. The first-order valence-electron chi connectivity index (χ1n) is 4.86. The molecule has 0 N–H and O–H groups in total. The van der Waals surface area contributed by atoms with Crippen LogP contribution in [0.15, 0.2) is 0 Å². The Labute approximate surface area is 72.3 Å². The van der Waals surface area contributed by atoms with Gasteiger partial charge in [0.2, 0.25) is 5.78 Å². The van der Waals surface area contributed by atoms with Crippen LogP contribution in [0.1, 0.15) is 38.5 Å². The maximum atomic E-state index is 11.4. The summed E-state index contributed by atoms with van der Waals surface area (Å²) in [7, 11) is 0. The lowest BCUT2D eigenvalue weighted by Gasteiger charge is -2.33. The van der Waals surface area contributed by atoms with E-state index in [9.17, 15) is 9.59 Å². The molecule has 2 atom stereocenters. The van der Waals surface area contributed by atoms with Crippen LogP contribution in [0.4, 0.5) is 0 Å². The van der Waals surface area contributed by atoms with Crippen molar-refractivity contribution >= 4 is 11.6 Å².